The van der Waals surface area contributed by atoms with Crippen LogP contribution in [0.1, 0.15) is 5.56 Å². The standard InChI is InChI=1S/C10H13ClN4O/c11-6-7-13-14-15(10(12)16)8-9-4-2-1-3-5-9/h1-5H,6-8H2,(H2,12,16). The maximum Gasteiger partial charge on any atom is 0.336 e. The van der Waals surface area contributed by atoms with E-state index in [0.29, 0.717) is 19.0 Å². The van der Waals surface area contributed by atoms with E-state index in [9.17, 15) is 4.79 Å². The van der Waals surface area contributed by atoms with Crippen LogP contribution >= 0.6 is 11.6 Å². The molecule has 0 saturated heterocycles. The van der Waals surface area contributed by atoms with Gasteiger partial charge in [0.15, 0.2) is 0 Å². The first-order chi connectivity index (χ1) is 7.74. The van der Waals surface area contributed by atoms with Gasteiger partial charge >= 0.3 is 6.03 Å². The summed E-state index contributed by atoms with van der Waals surface area (Å²) in [5.74, 6) is 0.363. The lowest BCUT2D eigenvalue weighted by atomic mass is 10.2. The topological polar surface area (TPSA) is 71.1 Å². The van der Waals surface area contributed by atoms with Crippen molar-refractivity contribution in [1.29, 1.82) is 0 Å². The van der Waals surface area contributed by atoms with Gasteiger partial charge < -0.3 is 5.73 Å². The molecular formula is C10H13ClN4O. The number of halogens is 1. The van der Waals surface area contributed by atoms with Crippen molar-refractivity contribution in [3.8, 4) is 0 Å². The quantitative estimate of drug-likeness (QED) is 0.478. The number of hydrogen-bond donors (Lipinski definition) is 1. The van der Waals surface area contributed by atoms with E-state index >= 15 is 0 Å². The number of urea groups is 1. The number of nitrogens with two attached hydrogens (primary N) is 1. The Morgan fingerprint density at radius 2 is 2.06 bits per heavy atom. The molecular weight excluding hydrogens is 228 g/mol. The molecule has 0 heterocycles. The minimum atomic E-state index is -0.637. The highest BCUT2D eigenvalue weighted by atomic mass is 35.5. The SMILES string of the molecule is NC(=O)N(Cc1ccccc1)N=NCCCl. The van der Waals surface area contributed by atoms with Gasteiger partial charge in [-0.1, -0.05) is 35.6 Å². The first kappa shape index (κ1) is 12.4. The summed E-state index contributed by atoms with van der Waals surface area (Å²) in [6.45, 7) is 0.669. The predicted molar refractivity (Wildman–Crippen MR) is 62.0 cm³/mol. The smallest absolute Gasteiger partial charge is 0.336 e. The number of amides is 2. The van der Waals surface area contributed by atoms with Crippen LogP contribution in [0.15, 0.2) is 40.7 Å². The van der Waals surface area contributed by atoms with E-state index in [1.54, 1.807) is 0 Å². The Hall–Kier alpha value is -1.62. The molecule has 0 unspecified atom stereocenters. The van der Waals surface area contributed by atoms with Crippen molar-refractivity contribution in [1.82, 2.24) is 5.01 Å². The Bertz CT molecular complexity index is 355. The maximum absolute atomic E-state index is 11.1. The highest BCUT2D eigenvalue weighted by Crippen LogP contribution is 2.04. The van der Waals surface area contributed by atoms with E-state index in [2.05, 4.69) is 10.3 Å². The zero-order valence-electron chi connectivity index (χ0n) is 8.71. The molecule has 2 N–H and O–H groups in total. The minimum absolute atomic E-state index is 0.307. The summed E-state index contributed by atoms with van der Waals surface area (Å²) in [6.07, 6.45) is 0. The zero-order chi connectivity index (χ0) is 11.8. The number of hydrogen-bond acceptors (Lipinski definition) is 3. The van der Waals surface area contributed by atoms with Crippen molar-refractivity contribution in [3.05, 3.63) is 35.9 Å². The van der Waals surface area contributed by atoms with Crippen LogP contribution in [0.4, 0.5) is 4.79 Å². The van der Waals surface area contributed by atoms with Crippen LogP contribution in [0.25, 0.3) is 0 Å². The second-order valence-electron chi connectivity index (χ2n) is 3.02. The molecule has 0 fully saturated rings. The Morgan fingerprint density at radius 3 is 2.62 bits per heavy atom. The van der Waals surface area contributed by atoms with Gasteiger partial charge in [0.1, 0.15) is 0 Å². The van der Waals surface area contributed by atoms with E-state index in [-0.39, 0.29) is 0 Å². The molecule has 5 nitrogen and oxygen atoms in total. The Balaban J connectivity index is 2.62. The summed E-state index contributed by atoms with van der Waals surface area (Å²) >= 11 is 5.44. The second-order valence-corrected chi connectivity index (χ2v) is 3.40. The van der Waals surface area contributed by atoms with Crippen molar-refractivity contribution >= 4 is 17.6 Å². The first-order valence-corrected chi connectivity index (χ1v) is 5.31. The summed E-state index contributed by atoms with van der Waals surface area (Å²) in [6, 6.07) is 8.78. The fraction of sp³-hybridized carbons (Fsp3) is 0.300. The van der Waals surface area contributed by atoms with Crippen molar-refractivity contribution in [2.75, 3.05) is 12.4 Å². The third kappa shape index (κ3) is 4.27. The van der Waals surface area contributed by atoms with Crippen LogP contribution < -0.4 is 5.73 Å². The van der Waals surface area contributed by atoms with Gasteiger partial charge in [0.05, 0.1) is 13.1 Å². The van der Waals surface area contributed by atoms with Crippen LogP contribution in [-0.2, 0) is 6.54 Å². The van der Waals surface area contributed by atoms with Gasteiger partial charge in [0, 0.05) is 5.88 Å². The van der Waals surface area contributed by atoms with Gasteiger partial charge in [0.2, 0.25) is 0 Å². The molecule has 2 amide bonds. The highest BCUT2D eigenvalue weighted by Gasteiger charge is 2.08. The minimum Gasteiger partial charge on any atom is -0.350 e. The lowest BCUT2D eigenvalue weighted by molar-refractivity contribution is 0.202. The van der Waals surface area contributed by atoms with Crippen LogP contribution in [0.2, 0.25) is 0 Å². The number of carbonyl (C=O) groups is 1. The van der Waals surface area contributed by atoms with Crippen LogP contribution in [0, 0.1) is 0 Å². The largest absolute Gasteiger partial charge is 0.350 e. The molecule has 1 rings (SSSR count). The van der Waals surface area contributed by atoms with Crippen molar-refractivity contribution < 1.29 is 4.79 Å². The lowest BCUT2D eigenvalue weighted by Gasteiger charge is -2.12. The Morgan fingerprint density at radius 1 is 1.38 bits per heavy atom. The molecule has 0 radical (unpaired) electrons. The second kappa shape index (κ2) is 6.79. The molecule has 6 heteroatoms. The van der Waals surface area contributed by atoms with Gasteiger partial charge in [-0.25, -0.2) is 4.79 Å². The van der Waals surface area contributed by atoms with Gasteiger partial charge in [-0.2, -0.15) is 10.1 Å². The summed E-state index contributed by atoms with van der Waals surface area (Å²) in [5.41, 5.74) is 6.10. The molecule has 0 aliphatic heterocycles. The van der Waals surface area contributed by atoms with Crippen LogP contribution in [0.5, 0.6) is 0 Å². The Labute approximate surface area is 98.9 Å². The van der Waals surface area contributed by atoms with E-state index in [4.69, 9.17) is 17.3 Å². The van der Waals surface area contributed by atoms with Crippen LogP contribution in [0.3, 0.4) is 0 Å². The normalized spacial score (nSPS) is 10.6. The van der Waals surface area contributed by atoms with Crippen LogP contribution in [-0.4, -0.2) is 23.5 Å². The highest BCUT2D eigenvalue weighted by molar-refractivity contribution is 6.18. The number of benzene rings is 1. The first-order valence-electron chi connectivity index (χ1n) is 4.78. The monoisotopic (exact) mass is 240 g/mol. The molecule has 0 bridgehead atoms. The molecule has 16 heavy (non-hydrogen) atoms. The third-order valence-electron chi connectivity index (χ3n) is 1.79. The molecule has 0 aliphatic carbocycles. The molecule has 1 aromatic rings. The molecule has 0 aromatic heterocycles. The fourth-order valence-corrected chi connectivity index (χ4v) is 1.14. The summed E-state index contributed by atoms with van der Waals surface area (Å²) in [5, 5.41) is 8.53. The zero-order valence-corrected chi connectivity index (χ0v) is 9.47. The van der Waals surface area contributed by atoms with Crippen molar-refractivity contribution in [3.63, 3.8) is 0 Å². The molecule has 0 aliphatic rings. The number of rotatable bonds is 5. The number of carbonyl (C=O) groups excluding carboxylic acids is 1. The predicted octanol–water partition coefficient (Wildman–Crippen LogP) is 2.17. The van der Waals surface area contributed by atoms with Gasteiger partial charge in [-0.15, -0.1) is 11.6 Å². The fourth-order valence-electron chi connectivity index (χ4n) is 1.07. The molecule has 0 spiro atoms. The number of primary amides is 1. The van der Waals surface area contributed by atoms with E-state index < -0.39 is 6.03 Å². The third-order valence-corrected chi connectivity index (χ3v) is 1.95. The molecule has 0 saturated carbocycles. The summed E-state index contributed by atoms with van der Waals surface area (Å²) in [4.78, 5) is 11.1. The van der Waals surface area contributed by atoms with E-state index in [1.807, 2.05) is 30.3 Å². The van der Waals surface area contributed by atoms with Gasteiger partial charge in [0.25, 0.3) is 0 Å². The van der Waals surface area contributed by atoms with E-state index in [1.165, 1.54) is 0 Å². The van der Waals surface area contributed by atoms with Gasteiger partial charge in [-0.05, 0) is 5.56 Å². The van der Waals surface area contributed by atoms with Gasteiger partial charge in [-0.3, -0.25) is 0 Å². The molecule has 0 atom stereocenters. The Kier molecular flexibility index (Phi) is 5.28. The van der Waals surface area contributed by atoms with Crippen molar-refractivity contribution in [2.24, 2.45) is 16.1 Å². The summed E-state index contributed by atoms with van der Waals surface area (Å²) in [7, 11) is 0. The summed E-state index contributed by atoms with van der Waals surface area (Å²) < 4.78 is 0. The lowest BCUT2D eigenvalue weighted by Crippen LogP contribution is -2.30. The molecule has 1 aromatic carbocycles. The number of nitrogens with zero attached hydrogens (tertiary/aromatic N) is 3. The number of alkyl halides is 1. The molecule has 86 valence electrons. The average Bonchev–Trinajstić information content (AvgIpc) is 2.29. The van der Waals surface area contributed by atoms with Crippen molar-refractivity contribution in [2.45, 2.75) is 6.54 Å². The average molecular weight is 241 g/mol. The van der Waals surface area contributed by atoms with E-state index in [0.717, 1.165) is 10.6 Å². The maximum atomic E-state index is 11.1.